The van der Waals surface area contributed by atoms with Gasteiger partial charge in [0.1, 0.15) is 6.04 Å². The maximum absolute atomic E-state index is 13.5. The van der Waals surface area contributed by atoms with Crippen LogP contribution in [0.15, 0.2) is 18.2 Å². The van der Waals surface area contributed by atoms with Crippen molar-refractivity contribution in [3.63, 3.8) is 0 Å². The average Bonchev–Trinajstić information content (AvgIpc) is 3.21. The molecule has 6 heteroatoms. The number of rotatable bonds is 6. The third-order valence-corrected chi connectivity index (χ3v) is 3.28. The summed E-state index contributed by atoms with van der Waals surface area (Å²) in [6, 6.07) is 2.83. The van der Waals surface area contributed by atoms with Crippen molar-refractivity contribution in [2.24, 2.45) is 5.92 Å². The topological polar surface area (TPSA) is 75.6 Å². The van der Waals surface area contributed by atoms with E-state index in [1.54, 1.807) is 0 Å². The van der Waals surface area contributed by atoms with Crippen molar-refractivity contribution >= 4 is 11.9 Å². The summed E-state index contributed by atoms with van der Waals surface area (Å²) in [7, 11) is 1.33. The van der Waals surface area contributed by atoms with Crippen molar-refractivity contribution in [3.05, 3.63) is 29.6 Å². The van der Waals surface area contributed by atoms with Gasteiger partial charge in [-0.05, 0) is 30.5 Å². The van der Waals surface area contributed by atoms with Crippen LogP contribution in [-0.2, 0) is 4.79 Å². The molecule has 1 aliphatic carbocycles. The van der Waals surface area contributed by atoms with E-state index >= 15 is 0 Å². The van der Waals surface area contributed by atoms with Crippen LogP contribution in [0.25, 0.3) is 0 Å². The minimum atomic E-state index is -1.07. The molecule has 0 bridgehead atoms. The zero-order valence-corrected chi connectivity index (χ0v) is 11.1. The first-order chi connectivity index (χ1) is 9.51. The highest BCUT2D eigenvalue weighted by atomic mass is 19.1. The maximum atomic E-state index is 13.5. The van der Waals surface area contributed by atoms with Crippen LogP contribution < -0.4 is 10.1 Å². The van der Waals surface area contributed by atoms with E-state index in [0.717, 1.165) is 18.9 Å². The van der Waals surface area contributed by atoms with Crippen LogP contribution in [0.3, 0.4) is 0 Å². The molecule has 1 atom stereocenters. The van der Waals surface area contributed by atoms with E-state index in [-0.39, 0.29) is 11.3 Å². The number of nitrogens with one attached hydrogen (secondary N) is 1. The fraction of sp³-hybridized carbons (Fsp3) is 0.429. The van der Waals surface area contributed by atoms with Crippen LogP contribution in [0.1, 0.15) is 29.6 Å². The van der Waals surface area contributed by atoms with Crippen LogP contribution in [-0.4, -0.2) is 30.1 Å². The molecular formula is C14H16FNO4. The molecule has 1 aromatic rings. The molecule has 1 fully saturated rings. The molecule has 1 saturated carbocycles. The average molecular weight is 281 g/mol. The normalized spacial score (nSPS) is 15.5. The third-order valence-electron chi connectivity index (χ3n) is 3.28. The van der Waals surface area contributed by atoms with E-state index in [0.29, 0.717) is 12.3 Å². The molecule has 0 aromatic heterocycles. The van der Waals surface area contributed by atoms with Gasteiger partial charge < -0.3 is 15.2 Å². The first-order valence-electron chi connectivity index (χ1n) is 6.38. The number of halogens is 1. The predicted octanol–water partition coefficient (Wildman–Crippen LogP) is 1.82. The van der Waals surface area contributed by atoms with Gasteiger partial charge in [-0.1, -0.05) is 12.8 Å². The number of carbonyl (C=O) groups excluding carboxylic acids is 1. The van der Waals surface area contributed by atoms with Crippen LogP contribution in [0.4, 0.5) is 4.39 Å². The molecule has 0 radical (unpaired) electrons. The fourth-order valence-electron chi connectivity index (χ4n) is 1.96. The van der Waals surface area contributed by atoms with Crippen LogP contribution >= 0.6 is 0 Å². The number of hydrogen-bond donors (Lipinski definition) is 2. The Morgan fingerprint density at radius 3 is 2.70 bits per heavy atom. The zero-order chi connectivity index (χ0) is 14.7. The molecule has 0 spiro atoms. The SMILES string of the molecule is COc1ccc(C(=O)NC(CC2CC2)C(=O)O)cc1F. The zero-order valence-electron chi connectivity index (χ0n) is 11.1. The van der Waals surface area contributed by atoms with Gasteiger partial charge in [-0.25, -0.2) is 9.18 Å². The van der Waals surface area contributed by atoms with Crippen molar-refractivity contribution < 1.29 is 23.8 Å². The number of carboxylic acid groups (broad SMARTS) is 1. The Morgan fingerprint density at radius 1 is 1.50 bits per heavy atom. The van der Waals surface area contributed by atoms with Crippen molar-refractivity contribution in [2.45, 2.75) is 25.3 Å². The fourth-order valence-corrected chi connectivity index (χ4v) is 1.96. The van der Waals surface area contributed by atoms with E-state index in [1.165, 1.54) is 19.2 Å². The number of carboxylic acids is 1. The standard InChI is InChI=1S/C14H16FNO4/c1-20-12-5-4-9(7-10(12)15)13(17)16-11(14(18)19)6-8-2-3-8/h4-5,7-8,11H,2-3,6H2,1H3,(H,16,17)(H,18,19). The number of carbonyl (C=O) groups is 2. The quantitative estimate of drug-likeness (QED) is 0.834. The second-order valence-corrected chi connectivity index (χ2v) is 4.89. The second-order valence-electron chi connectivity index (χ2n) is 4.89. The summed E-state index contributed by atoms with van der Waals surface area (Å²) in [6.07, 6.45) is 2.41. The number of amides is 1. The Bertz CT molecular complexity index is 528. The Hall–Kier alpha value is -2.11. The Labute approximate surface area is 115 Å². The summed E-state index contributed by atoms with van der Waals surface area (Å²) in [6.45, 7) is 0. The molecular weight excluding hydrogens is 265 g/mol. The maximum Gasteiger partial charge on any atom is 0.326 e. The molecule has 20 heavy (non-hydrogen) atoms. The predicted molar refractivity (Wildman–Crippen MR) is 69.2 cm³/mol. The molecule has 1 amide bonds. The molecule has 2 rings (SSSR count). The highest BCUT2D eigenvalue weighted by Gasteiger charge is 2.30. The van der Waals surface area contributed by atoms with Crippen LogP contribution in [0.2, 0.25) is 0 Å². The first kappa shape index (κ1) is 14.3. The molecule has 1 unspecified atom stereocenters. The molecule has 0 saturated heterocycles. The minimum Gasteiger partial charge on any atom is -0.494 e. The van der Waals surface area contributed by atoms with Gasteiger partial charge in [0.25, 0.3) is 5.91 Å². The van der Waals surface area contributed by atoms with Gasteiger partial charge in [0.2, 0.25) is 0 Å². The van der Waals surface area contributed by atoms with E-state index in [9.17, 15) is 14.0 Å². The molecule has 108 valence electrons. The minimum absolute atomic E-state index is 0.0364. The number of methoxy groups -OCH3 is 1. The van der Waals surface area contributed by atoms with Crippen molar-refractivity contribution in [2.75, 3.05) is 7.11 Å². The van der Waals surface area contributed by atoms with Crippen molar-refractivity contribution in [1.82, 2.24) is 5.32 Å². The van der Waals surface area contributed by atoms with Crippen LogP contribution in [0, 0.1) is 11.7 Å². The molecule has 2 N–H and O–H groups in total. The van der Waals surface area contributed by atoms with Crippen LogP contribution in [0.5, 0.6) is 5.75 Å². The number of ether oxygens (including phenoxy) is 1. The molecule has 5 nitrogen and oxygen atoms in total. The lowest BCUT2D eigenvalue weighted by molar-refractivity contribution is -0.139. The largest absolute Gasteiger partial charge is 0.494 e. The smallest absolute Gasteiger partial charge is 0.326 e. The van der Waals surface area contributed by atoms with Gasteiger partial charge in [0.05, 0.1) is 7.11 Å². The van der Waals surface area contributed by atoms with E-state index in [2.05, 4.69) is 5.32 Å². The van der Waals surface area contributed by atoms with E-state index < -0.39 is 23.7 Å². The molecule has 1 aromatic carbocycles. The third kappa shape index (κ3) is 3.46. The summed E-state index contributed by atoms with van der Waals surface area (Å²) in [5.74, 6) is -1.92. The molecule has 0 aliphatic heterocycles. The number of aliphatic carboxylic acids is 1. The first-order valence-corrected chi connectivity index (χ1v) is 6.38. The van der Waals surface area contributed by atoms with Gasteiger partial charge >= 0.3 is 5.97 Å². The van der Waals surface area contributed by atoms with Crippen molar-refractivity contribution in [1.29, 1.82) is 0 Å². The van der Waals surface area contributed by atoms with Gasteiger partial charge in [-0.2, -0.15) is 0 Å². The summed E-state index contributed by atoms with van der Waals surface area (Å²) in [5.41, 5.74) is 0.0744. The Kier molecular flexibility index (Phi) is 4.22. The highest BCUT2D eigenvalue weighted by molar-refractivity contribution is 5.96. The summed E-state index contributed by atoms with van der Waals surface area (Å²) in [4.78, 5) is 23.0. The van der Waals surface area contributed by atoms with Gasteiger partial charge in [0.15, 0.2) is 11.6 Å². The summed E-state index contributed by atoms with van der Waals surface area (Å²) in [5, 5.41) is 11.5. The summed E-state index contributed by atoms with van der Waals surface area (Å²) < 4.78 is 18.3. The lowest BCUT2D eigenvalue weighted by atomic mass is 10.1. The Morgan fingerprint density at radius 2 is 2.20 bits per heavy atom. The van der Waals surface area contributed by atoms with E-state index in [4.69, 9.17) is 9.84 Å². The van der Waals surface area contributed by atoms with Gasteiger partial charge in [0, 0.05) is 5.56 Å². The second kappa shape index (κ2) is 5.90. The van der Waals surface area contributed by atoms with E-state index in [1.807, 2.05) is 0 Å². The van der Waals surface area contributed by atoms with Gasteiger partial charge in [-0.3, -0.25) is 4.79 Å². The van der Waals surface area contributed by atoms with Gasteiger partial charge in [-0.15, -0.1) is 0 Å². The lowest BCUT2D eigenvalue weighted by Gasteiger charge is -2.14. The van der Waals surface area contributed by atoms with Crippen molar-refractivity contribution in [3.8, 4) is 5.75 Å². The Balaban J connectivity index is 2.05. The molecule has 1 aliphatic rings. The monoisotopic (exact) mass is 281 g/mol. The summed E-state index contributed by atoms with van der Waals surface area (Å²) >= 11 is 0. The number of hydrogen-bond acceptors (Lipinski definition) is 3. The number of benzene rings is 1. The lowest BCUT2D eigenvalue weighted by Crippen LogP contribution is -2.41. The molecule has 0 heterocycles. The highest BCUT2D eigenvalue weighted by Crippen LogP contribution is 2.33.